The van der Waals surface area contributed by atoms with Crippen LogP contribution in [-0.4, -0.2) is 18.8 Å². The lowest BCUT2D eigenvalue weighted by Gasteiger charge is -2.13. The fourth-order valence-electron chi connectivity index (χ4n) is 3.51. The van der Waals surface area contributed by atoms with Crippen LogP contribution < -0.4 is 4.74 Å². The van der Waals surface area contributed by atoms with Gasteiger partial charge in [-0.2, -0.15) is 0 Å². The topological polar surface area (TPSA) is 29.5 Å². The van der Waals surface area contributed by atoms with E-state index in [9.17, 15) is 8.78 Å². The summed E-state index contributed by atoms with van der Waals surface area (Å²) in [5.74, 6) is 6.26. The van der Waals surface area contributed by atoms with Crippen molar-refractivity contribution in [1.82, 2.24) is 0 Å². The molecular formula is C24H24F2O2. The molecule has 4 heteroatoms. The molecule has 0 fully saturated rings. The predicted molar refractivity (Wildman–Crippen MR) is 108 cm³/mol. The summed E-state index contributed by atoms with van der Waals surface area (Å²) in [6.45, 7) is 0.146. The molecule has 0 amide bonds. The normalized spacial score (nSPS) is 13.4. The molecule has 2 aromatic carbocycles. The van der Waals surface area contributed by atoms with Crippen LogP contribution in [0.25, 0.3) is 11.1 Å². The lowest BCUT2D eigenvalue weighted by Crippen LogP contribution is -1.96. The van der Waals surface area contributed by atoms with Crippen LogP contribution in [-0.2, 0) is 6.42 Å². The van der Waals surface area contributed by atoms with E-state index in [0.717, 1.165) is 53.4 Å². The first kappa shape index (κ1) is 20.1. The van der Waals surface area contributed by atoms with E-state index in [1.165, 1.54) is 12.1 Å². The Morgan fingerprint density at radius 3 is 2.68 bits per heavy atom. The van der Waals surface area contributed by atoms with Crippen molar-refractivity contribution < 1.29 is 18.6 Å². The van der Waals surface area contributed by atoms with Gasteiger partial charge < -0.3 is 9.84 Å². The maximum absolute atomic E-state index is 14.5. The first-order chi connectivity index (χ1) is 13.6. The van der Waals surface area contributed by atoms with Crippen LogP contribution in [0.4, 0.5) is 8.78 Å². The molecule has 0 aromatic heterocycles. The van der Waals surface area contributed by atoms with E-state index in [2.05, 4.69) is 11.8 Å². The fourth-order valence-corrected chi connectivity index (χ4v) is 3.51. The van der Waals surface area contributed by atoms with Crippen molar-refractivity contribution in [2.75, 3.05) is 13.7 Å². The van der Waals surface area contributed by atoms with Gasteiger partial charge in [0, 0.05) is 24.2 Å². The molecule has 2 nitrogen and oxygen atoms in total. The second-order valence-corrected chi connectivity index (χ2v) is 6.84. The van der Waals surface area contributed by atoms with E-state index in [1.807, 2.05) is 18.2 Å². The number of rotatable bonds is 5. The third kappa shape index (κ3) is 4.61. The van der Waals surface area contributed by atoms with Gasteiger partial charge in [-0.1, -0.05) is 11.8 Å². The van der Waals surface area contributed by atoms with Crippen molar-refractivity contribution in [3.8, 4) is 17.6 Å². The largest absolute Gasteiger partial charge is 0.497 e. The van der Waals surface area contributed by atoms with Crippen LogP contribution in [0.15, 0.2) is 36.4 Å². The molecule has 2 aromatic rings. The highest BCUT2D eigenvalue weighted by Gasteiger charge is 2.20. The van der Waals surface area contributed by atoms with Gasteiger partial charge in [0.25, 0.3) is 0 Å². The zero-order valence-electron chi connectivity index (χ0n) is 16.0. The summed E-state index contributed by atoms with van der Waals surface area (Å²) in [6, 6.07) is 9.38. The second kappa shape index (κ2) is 9.52. The van der Waals surface area contributed by atoms with Gasteiger partial charge in [-0.3, -0.25) is 0 Å². The average molecular weight is 382 g/mol. The molecule has 0 heterocycles. The molecule has 0 saturated carbocycles. The van der Waals surface area contributed by atoms with Crippen LogP contribution in [0.2, 0.25) is 0 Å². The van der Waals surface area contributed by atoms with Gasteiger partial charge in [-0.25, -0.2) is 8.78 Å². The smallest absolute Gasteiger partial charge is 0.130 e. The Labute approximate surface area is 164 Å². The standard InChI is InChI=1S/C24H24F2O2/c1-28-19-11-12-20-17(15-19)7-6-9-22(21(20)8-4-2-3-5-14-27)23-16-18(25)10-13-24(23)26/h10-13,15-16,27H,2-3,5-7,9,14H2,1H3. The predicted octanol–water partition coefficient (Wildman–Crippen LogP) is 5.39. The molecular weight excluding hydrogens is 358 g/mol. The van der Waals surface area contributed by atoms with Gasteiger partial charge in [0.05, 0.1) is 7.11 Å². The van der Waals surface area contributed by atoms with E-state index < -0.39 is 11.6 Å². The Morgan fingerprint density at radius 1 is 1.04 bits per heavy atom. The van der Waals surface area contributed by atoms with Crippen molar-refractivity contribution in [2.24, 2.45) is 0 Å². The molecule has 0 aliphatic heterocycles. The number of fused-ring (bicyclic) bond motifs is 1. The lowest BCUT2D eigenvalue weighted by atomic mass is 9.92. The minimum atomic E-state index is -0.460. The molecule has 28 heavy (non-hydrogen) atoms. The fraction of sp³-hybridized carbons (Fsp3) is 0.333. The summed E-state index contributed by atoms with van der Waals surface area (Å²) < 4.78 is 33.7. The molecule has 0 spiro atoms. The van der Waals surface area contributed by atoms with Crippen molar-refractivity contribution in [3.63, 3.8) is 0 Å². The number of aliphatic hydroxyl groups excluding tert-OH is 1. The molecule has 3 rings (SSSR count). The number of hydrogen-bond acceptors (Lipinski definition) is 2. The number of allylic oxidation sites excluding steroid dienone is 2. The summed E-state index contributed by atoms with van der Waals surface area (Å²) in [5, 5.41) is 8.93. The van der Waals surface area contributed by atoms with E-state index in [4.69, 9.17) is 9.84 Å². The molecule has 0 unspecified atom stereocenters. The Kier molecular flexibility index (Phi) is 6.84. The van der Waals surface area contributed by atoms with Crippen LogP contribution >= 0.6 is 0 Å². The molecule has 1 aliphatic carbocycles. The molecule has 0 saturated heterocycles. The van der Waals surface area contributed by atoms with Crippen molar-refractivity contribution >= 4 is 11.1 Å². The lowest BCUT2D eigenvalue weighted by molar-refractivity contribution is 0.285. The first-order valence-electron chi connectivity index (χ1n) is 9.59. The highest BCUT2D eigenvalue weighted by atomic mass is 19.1. The summed E-state index contributed by atoms with van der Waals surface area (Å²) >= 11 is 0. The highest BCUT2D eigenvalue weighted by molar-refractivity contribution is 5.99. The third-order valence-corrected chi connectivity index (χ3v) is 4.93. The Bertz CT molecular complexity index is 935. The Balaban J connectivity index is 2.14. The quantitative estimate of drug-likeness (QED) is 0.555. The van der Waals surface area contributed by atoms with Crippen LogP contribution in [0.3, 0.4) is 0 Å². The number of aliphatic hydroxyl groups is 1. The Hall–Kier alpha value is -2.64. The van der Waals surface area contributed by atoms with Crippen LogP contribution in [0.5, 0.6) is 5.75 Å². The zero-order chi connectivity index (χ0) is 19.9. The number of benzene rings is 2. The van der Waals surface area contributed by atoms with Crippen LogP contribution in [0, 0.1) is 23.5 Å². The number of aryl methyl sites for hydroxylation is 1. The zero-order valence-corrected chi connectivity index (χ0v) is 16.0. The molecule has 0 atom stereocenters. The monoisotopic (exact) mass is 382 g/mol. The molecule has 0 bridgehead atoms. The molecule has 1 N–H and O–H groups in total. The van der Waals surface area contributed by atoms with Crippen molar-refractivity contribution in [2.45, 2.75) is 38.5 Å². The maximum atomic E-state index is 14.5. The Morgan fingerprint density at radius 2 is 1.89 bits per heavy atom. The van der Waals surface area contributed by atoms with E-state index in [-0.39, 0.29) is 12.2 Å². The highest BCUT2D eigenvalue weighted by Crippen LogP contribution is 2.38. The number of ether oxygens (including phenoxy) is 1. The van der Waals surface area contributed by atoms with Crippen molar-refractivity contribution in [3.05, 3.63) is 64.7 Å². The van der Waals surface area contributed by atoms with Crippen molar-refractivity contribution in [1.29, 1.82) is 0 Å². The van der Waals surface area contributed by atoms with E-state index in [0.29, 0.717) is 19.3 Å². The number of methoxy groups -OCH3 is 1. The summed E-state index contributed by atoms with van der Waals surface area (Å²) in [4.78, 5) is 0. The number of hydrogen-bond donors (Lipinski definition) is 1. The summed E-state index contributed by atoms with van der Waals surface area (Å²) in [6.07, 6.45) is 4.42. The molecule has 1 aliphatic rings. The third-order valence-electron chi connectivity index (χ3n) is 4.93. The first-order valence-corrected chi connectivity index (χ1v) is 9.59. The van der Waals surface area contributed by atoms with Gasteiger partial charge >= 0.3 is 0 Å². The van der Waals surface area contributed by atoms with E-state index >= 15 is 0 Å². The minimum Gasteiger partial charge on any atom is -0.497 e. The second-order valence-electron chi connectivity index (χ2n) is 6.84. The average Bonchev–Trinajstić information content (AvgIpc) is 2.88. The maximum Gasteiger partial charge on any atom is 0.130 e. The van der Waals surface area contributed by atoms with Gasteiger partial charge in [0.15, 0.2) is 0 Å². The number of unbranched alkanes of at least 4 members (excludes halogenated alkanes) is 2. The molecule has 146 valence electrons. The van der Waals surface area contributed by atoms with Gasteiger partial charge in [-0.15, -0.1) is 0 Å². The summed E-state index contributed by atoms with van der Waals surface area (Å²) in [7, 11) is 1.63. The summed E-state index contributed by atoms with van der Waals surface area (Å²) in [5.41, 5.74) is 3.83. The van der Waals surface area contributed by atoms with Gasteiger partial charge in [0.1, 0.15) is 17.4 Å². The van der Waals surface area contributed by atoms with Crippen LogP contribution in [0.1, 0.15) is 48.8 Å². The number of halogens is 2. The van der Waals surface area contributed by atoms with Gasteiger partial charge in [0.2, 0.25) is 0 Å². The SMILES string of the molecule is COc1ccc2c(c1)CCCC(c1cc(F)ccc1F)=C2C#CCCCCO. The molecule has 0 radical (unpaired) electrons. The van der Waals surface area contributed by atoms with E-state index in [1.54, 1.807) is 7.11 Å². The minimum absolute atomic E-state index is 0.146. The van der Waals surface area contributed by atoms with Gasteiger partial charge in [-0.05, 0) is 85.2 Å².